The number of hydrogen-bond donors (Lipinski definition) is 2. The van der Waals surface area contributed by atoms with E-state index >= 15 is 0 Å². The molecule has 1 saturated heterocycles. The van der Waals surface area contributed by atoms with Gasteiger partial charge in [0.1, 0.15) is 5.75 Å². The summed E-state index contributed by atoms with van der Waals surface area (Å²) in [5.74, 6) is 6.65. The number of anilines is 2. The van der Waals surface area contributed by atoms with E-state index in [9.17, 15) is 14.4 Å². The summed E-state index contributed by atoms with van der Waals surface area (Å²) in [6.07, 6.45) is 8.76. The van der Waals surface area contributed by atoms with Crippen LogP contribution in [-0.4, -0.2) is 77.7 Å². The number of carbonyl (C=O) groups excluding carboxylic acids is 2. The topological polar surface area (TPSA) is 134 Å². The molecule has 58 heavy (non-hydrogen) atoms. The molecule has 0 radical (unpaired) electrons. The quantitative estimate of drug-likeness (QED) is 0.0766. The van der Waals surface area contributed by atoms with E-state index in [0.29, 0.717) is 60.3 Å². The maximum atomic E-state index is 13.6. The average molecular weight is 818 g/mol. The Labute approximate surface area is 346 Å². The largest absolute Gasteiger partial charge is 0.494 e. The highest BCUT2D eigenvalue weighted by Gasteiger charge is 2.38. The number of methoxy groups -OCH3 is 1. The van der Waals surface area contributed by atoms with Crippen LogP contribution >= 0.6 is 22.7 Å². The second-order valence-electron chi connectivity index (χ2n) is 15.5. The van der Waals surface area contributed by atoms with Gasteiger partial charge in [-0.2, -0.15) is 0 Å². The molecule has 2 aromatic heterocycles. The number of piperidine rings is 1. The summed E-state index contributed by atoms with van der Waals surface area (Å²) in [6.45, 7) is 3.59. The van der Waals surface area contributed by atoms with Crippen molar-refractivity contribution in [3.63, 3.8) is 0 Å². The van der Waals surface area contributed by atoms with E-state index in [0.717, 1.165) is 87.9 Å². The summed E-state index contributed by atoms with van der Waals surface area (Å²) in [5, 5.41) is 13.4. The van der Waals surface area contributed by atoms with E-state index in [2.05, 4.69) is 38.0 Å². The van der Waals surface area contributed by atoms with Crippen LogP contribution < -0.4 is 15.0 Å². The number of aliphatic carboxylic acids is 1. The summed E-state index contributed by atoms with van der Waals surface area (Å²) in [4.78, 5) is 51.9. The van der Waals surface area contributed by atoms with E-state index in [1.165, 1.54) is 42.6 Å². The highest BCUT2D eigenvalue weighted by Crippen LogP contribution is 2.46. The number of benzene rings is 3. The number of ether oxygens (including phenoxy) is 2. The number of esters is 1. The number of rotatable bonds is 11. The number of carboxylic acids is 1. The number of aromatic nitrogens is 2. The lowest BCUT2D eigenvalue weighted by Crippen LogP contribution is -2.43. The van der Waals surface area contributed by atoms with E-state index in [-0.39, 0.29) is 12.5 Å². The van der Waals surface area contributed by atoms with Gasteiger partial charge < -0.3 is 19.5 Å². The fourth-order valence-electron chi connectivity index (χ4n) is 8.44. The number of nitrogens with one attached hydrogen (secondary N) is 1. The Kier molecular flexibility index (Phi) is 12.1. The first kappa shape index (κ1) is 39.5. The van der Waals surface area contributed by atoms with Gasteiger partial charge >= 0.3 is 11.9 Å². The zero-order valence-electron chi connectivity index (χ0n) is 32.6. The van der Waals surface area contributed by atoms with Gasteiger partial charge in [0.25, 0.3) is 5.91 Å². The first-order chi connectivity index (χ1) is 28.2. The molecule has 13 heteroatoms. The number of carboxylic acid groups (broad SMARTS) is 1. The average Bonchev–Trinajstić information content (AvgIpc) is 3.87. The van der Waals surface area contributed by atoms with Crippen molar-refractivity contribution in [2.45, 2.75) is 64.3 Å². The van der Waals surface area contributed by atoms with E-state index in [1.54, 1.807) is 0 Å². The van der Waals surface area contributed by atoms with Crippen LogP contribution in [0, 0.1) is 23.2 Å². The third kappa shape index (κ3) is 9.20. The van der Waals surface area contributed by atoms with Gasteiger partial charge in [0, 0.05) is 35.0 Å². The zero-order chi connectivity index (χ0) is 40.1. The number of nitrogens with zero attached hydrogens (tertiary/aromatic N) is 4. The van der Waals surface area contributed by atoms with E-state index in [4.69, 9.17) is 19.6 Å². The molecule has 1 amide bonds. The van der Waals surface area contributed by atoms with Crippen LogP contribution in [0.2, 0.25) is 0 Å². The lowest BCUT2D eigenvalue weighted by atomic mass is 9.65. The maximum Gasteiger partial charge on any atom is 0.357 e. The van der Waals surface area contributed by atoms with Crippen molar-refractivity contribution in [3.05, 3.63) is 99.6 Å². The Morgan fingerprint density at radius 1 is 0.948 bits per heavy atom. The summed E-state index contributed by atoms with van der Waals surface area (Å²) in [5.41, 5.74) is 5.19. The molecule has 3 aromatic carbocycles. The SMILES string of the molecule is COC(=O)c1nc(N2CCc3cccc(C(=O)Nc4nc5ccccc5s4)c3C2)sc1CCCOc1ccc(C#CC2CCC3(CC2)CCN(CC(=O)O)CC3)cc1. The van der Waals surface area contributed by atoms with Crippen molar-refractivity contribution in [1.29, 1.82) is 0 Å². The number of fused-ring (bicyclic) bond motifs is 2. The zero-order valence-corrected chi connectivity index (χ0v) is 34.3. The molecule has 8 rings (SSSR count). The predicted octanol–water partition coefficient (Wildman–Crippen LogP) is 8.07. The third-order valence-electron chi connectivity index (χ3n) is 11.8. The Morgan fingerprint density at radius 3 is 2.50 bits per heavy atom. The summed E-state index contributed by atoms with van der Waals surface area (Å²) >= 11 is 2.94. The fraction of sp³-hybridized carbons (Fsp3) is 0.400. The highest BCUT2D eigenvalue weighted by molar-refractivity contribution is 7.22. The van der Waals surface area contributed by atoms with Crippen molar-refractivity contribution in [3.8, 4) is 17.6 Å². The van der Waals surface area contributed by atoms with Crippen LogP contribution in [0.4, 0.5) is 10.3 Å². The van der Waals surface area contributed by atoms with Crippen LogP contribution in [-0.2, 0) is 28.9 Å². The van der Waals surface area contributed by atoms with Gasteiger partial charge in [-0.05, 0) is 130 Å². The van der Waals surface area contributed by atoms with Gasteiger partial charge in [0.2, 0.25) is 0 Å². The van der Waals surface area contributed by atoms with Crippen LogP contribution in [0.25, 0.3) is 10.2 Å². The molecule has 4 heterocycles. The first-order valence-electron chi connectivity index (χ1n) is 20.0. The molecular weight excluding hydrogens is 771 g/mol. The molecule has 1 spiro atoms. The standard InChI is InChI=1S/C45H47N5O6S2/c1-55-42(54)40-38(10-5-27-56-33-15-13-30(14-16-33)11-12-31-17-20-45(21-18-31)22-25-49(26-23-45)29-39(51)52)58-44(47-40)50-24-19-32-6-4-7-34(35(32)28-50)41(53)48-43-46-36-8-2-3-9-37(36)57-43/h2-4,6-9,13-16,31H,5,10,17-29H2,1H3,(H,51,52)(H,46,48,53). The first-order valence-corrected chi connectivity index (χ1v) is 21.7. The maximum absolute atomic E-state index is 13.6. The predicted molar refractivity (Wildman–Crippen MR) is 227 cm³/mol. The molecule has 0 atom stereocenters. The number of para-hydroxylation sites is 1. The van der Waals surface area contributed by atoms with Crippen LogP contribution in [0.1, 0.15) is 87.4 Å². The minimum Gasteiger partial charge on any atom is -0.494 e. The molecule has 3 aliphatic rings. The molecule has 0 unspecified atom stereocenters. The molecule has 2 fully saturated rings. The van der Waals surface area contributed by atoms with Crippen molar-refractivity contribution in [2.75, 3.05) is 50.1 Å². The van der Waals surface area contributed by atoms with Gasteiger partial charge in [-0.3, -0.25) is 19.8 Å². The summed E-state index contributed by atoms with van der Waals surface area (Å²) < 4.78 is 12.2. The highest BCUT2D eigenvalue weighted by atomic mass is 32.1. The van der Waals surface area contributed by atoms with Crippen molar-refractivity contribution >= 4 is 61.0 Å². The molecular formula is C45H47N5O6S2. The van der Waals surface area contributed by atoms with Crippen molar-refractivity contribution in [1.82, 2.24) is 14.9 Å². The van der Waals surface area contributed by atoms with Crippen LogP contribution in [0.5, 0.6) is 5.75 Å². The Morgan fingerprint density at radius 2 is 1.74 bits per heavy atom. The third-order valence-corrected chi connectivity index (χ3v) is 13.9. The number of thiazole rings is 2. The lowest BCUT2D eigenvalue weighted by molar-refractivity contribution is -0.139. The fourth-order valence-corrected chi connectivity index (χ4v) is 10.4. The normalized spacial score (nSPS) is 16.7. The van der Waals surface area contributed by atoms with Crippen LogP contribution in [0.15, 0.2) is 66.7 Å². The molecule has 1 saturated carbocycles. The van der Waals surface area contributed by atoms with Crippen molar-refractivity contribution in [2.24, 2.45) is 11.3 Å². The minimum atomic E-state index is -0.741. The number of aryl methyl sites for hydroxylation is 1. The summed E-state index contributed by atoms with van der Waals surface area (Å²) in [6, 6.07) is 21.6. The van der Waals surface area contributed by atoms with Crippen LogP contribution in [0.3, 0.4) is 0 Å². The number of carbonyl (C=O) groups is 3. The monoisotopic (exact) mass is 817 g/mol. The van der Waals surface area contributed by atoms with E-state index in [1.807, 2.05) is 60.7 Å². The van der Waals surface area contributed by atoms with Crippen molar-refractivity contribution < 1.29 is 29.0 Å². The molecule has 5 aromatic rings. The molecule has 2 aliphatic heterocycles. The Bertz CT molecular complexity index is 2310. The minimum absolute atomic E-state index is 0.148. The molecule has 2 N–H and O–H groups in total. The van der Waals surface area contributed by atoms with Gasteiger partial charge in [0.05, 0.1) is 30.5 Å². The molecule has 11 nitrogen and oxygen atoms in total. The number of hydrogen-bond acceptors (Lipinski definition) is 11. The second-order valence-corrected chi connectivity index (χ2v) is 17.6. The summed E-state index contributed by atoms with van der Waals surface area (Å²) in [7, 11) is 1.37. The Hall–Kier alpha value is -5.29. The number of likely N-dealkylation sites (tertiary alicyclic amines) is 1. The number of amides is 1. The molecule has 0 bridgehead atoms. The second kappa shape index (κ2) is 17.7. The Balaban J connectivity index is 0.834. The van der Waals surface area contributed by atoms with Gasteiger partial charge in [-0.1, -0.05) is 47.4 Å². The van der Waals surface area contributed by atoms with Gasteiger partial charge in [0.15, 0.2) is 16.0 Å². The lowest BCUT2D eigenvalue weighted by Gasteiger charge is -2.45. The smallest absolute Gasteiger partial charge is 0.357 e. The molecule has 1 aliphatic carbocycles. The molecule has 300 valence electrons. The van der Waals surface area contributed by atoms with Gasteiger partial charge in [-0.25, -0.2) is 14.8 Å². The van der Waals surface area contributed by atoms with E-state index < -0.39 is 11.9 Å². The van der Waals surface area contributed by atoms with Gasteiger partial charge in [-0.15, -0.1) is 11.3 Å².